The van der Waals surface area contributed by atoms with Gasteiger partial charge in [0.15, 0.2) is 0 Å². The van der Waals surface area contributed by atoms with Crippen molar-refractivity contribution in [1.82, 2.24) is 0 Å². The second-order valence-electron chi connectivity index (χ2n) is 6.11. The molecule has 1 amide bonds. The Morgan fingerprint density at radius 1 is 1.28 bits per heavy atom. The van der Waals surface area contributed by atoms with Gasteiger partial charge in [-0.1, -0.05) is 19.1 Å². The minimum absolute atomic E-state index is 0.0530. The molecule has 0 aromatic heterocycles. The van der Waals surface area contributed by atoms with E-state index in [4.69, 9.17) is 9.84 Å². The summed E-state index contributed by atoms with van der Waals surface area (Å²) in [5, 5.41) is 11.1. The van der Waals surface area contributed by atoms with Crippen LogP contribution in [0.1, 0.15) is 30.9 Å². The highest BCUT2D eigenvalue weighted by Crippen LogP contribution is 2.31. The number of carboxylic acids is 1. The molecule has 0 aliphatic rings. The normalized spacial score (nSPS) is 10.4. The largest absolute Gasteiger partial charge is 0.491 e. The van der Waals surface area contributed by atoms with Gasteiger partial charge in [-0.05, 0) is 42.0 Å². The first-order valence-corrected chi connectivity index (χ1v) is 10.1. The molecular formula is C21H22FNO5S. The van der Waals surface area contributed by atoms with Gasteiger partial charge in [0.2, 0.25) is 6.29 Å². The molecule has 0 bridgehead atoms. The first-order valence-electron chi connectivity index (χ1n) is 9.08. The van der Waals surface area contributed by atoms with Crippen LogP contribution < -0.4 is 10.1 Å². The third kappa shape index (κ3) is 6.90. The molecule has 8 heteroatoms. The first-order chi connectivity index (χ1) is 13.9. The van der Waals surface area contributed by atoms with E-state index in [2.05, 4.69) is 5.32 Å². The highest BCUT2D eigenvalue weighted by atomic mass is 32.2. The highest BCUT2D eigenvalue weighted by Gasteiger charge is 2.13. The minimum atomic E-state index is -0.933. The van der Waals surface area contributed by atoms with Gasteiger partial charge in [-0.3, -0.25) is 14.4 Å². The lowest BCUT2D eigenvalue weighted by Crippen LogP contribution is -2.14. The summed E-state index contributed by atoms with van der Waals surface area (Å²) in [6.07, 6.45) is 0.700. The number of hydrogen-bond acceptors (Lipinski definition) is 5. The van der Waals surface area contributed by atoms with Crippen molar-refractivity contribution in [3.63, 3.8) is 0 Å². The van der Waals surface area contributed by atoms with Crippen LogP contribution in [-0.4, -0.2) is 35.6 Å². The number of amides is 1. The van der Waals surface area contributed by atoms with E-state index in [0.717, 1.165) is 16.2 Å². The maximum Gasteiger partial charge on any atom is 0.303 e. The van der Waals surface area contributed by atoms with Crippen LogP contribution in [0.15, 0.2) is 41.3 Å². The quantitative estimate of drug-likeness (QED) is 0.248. The Morgan fingerprint density at radius 3 is 2.76 bits per heavy atom. The average molecular weight is 419 g/mol. The van der Waals surface area contributed by atoms with E-state index in [1.54, 1.807) is 36.0 Å². The maximum atomic E-state index is 14.4. The number of carbonyl (C=O) groups excluding carboxylic acids is 2. The van der Waals surface area contributed by atoms with Crippen molar-refractivity contribution in [2.75, 3.05) is 17.7 Å². The fourth-order valence-corrected chi connectivity index (χ4v) is 3.50. The Hall–Kier alpha value is -2.87. The Morgan fingerprint density at radius 2 is 2.07 bits per heavy atom. The molecule has 29 heavy (non-hydrogen) atoms. The molecule has 0 aliphatic heterocycles. The molecule has 0 unspecified atom stereocenters. The van der Waals surface area contributed by atoms with Gasteiger partial charge in [-0.2, -0.15) is 0 Å². The van der Waals surface area contributed by atoms with Crippen LogP contribution in [0.25, 0.3) is 0 Å². The molecule has 0 spiro atoms. The molecule has 0 fully saturated rings. The van der Waals surface area contributed by atoms with Crippen molar-refractivity contribution in [2.24, 2.45) is 0 Å². The summed E-state index contributed by atoms with van der Waals surface area (Å²) >= 11 is 1.55. The lowest BCUT2D eigenvalue weighted by Gasteiger charge is -2.14. The Kier molecular flexibility index (Phi) is 8.67. The van der Waals surface area contributed by atoms with Crippen molar-refractivity contribution >= 4 is 35.6 Å². The van der Waals surface area contributed by atoms with Gasteiger partial charge < -0.3 is 15.2 Å². The number of halogens is 1. The van der Waals surface area contributed by atoms with Crippen LogP contribution in [0.5, 0.6) is 5.75 Å². The van der Waals surface area contributed by atoms with Crippen LogP contribution in [0.2, 0.25) is 0 Å². The van der Waals surface area contributed by atoms with E-state index in [0.29, 0.717) is 17.7 Å². The summed E-state index contributed by atoms with van der Waals surface area (Å²) in [6.45, 7) is 2.11. The van der Waals surface area contributed by atoms with Gasteiger partial charge in [0, 0.05) is 23.3 Å². The zero-order valence-electron chi connectivity index (χ0n) is 15.9. The number of carboxylic acid groups (broad SMARTS) is 1. The summed E-state index contributed by atoms with van der Waals surface area (Å²) in [6, 6.07) is 9.92. The molecule has 0 saturated heterocycles. The van der Waals surface area contributed by atoms with Crippen molar-refractivity contribution in [3.05, 3.63) is 53.3 Å². The second kappa shape index (κ2) is 11.2. The van der Waals surface area contributed by atoms with E-state index >= 15 is 0 Å². The number of aldehydes is 1. The van der Waals surface area contributed by atoms with Crippen molar-refractivity contribution < 1.29 is 28.6 Å². The third-order valence-corrected chi connectivity index (χ3v) is 4.94. The van der Waals surface area contributed by atoms with Gasteiger partial charge in [0.05, 0.1) is 12.3 Å². The number of aliphatic carboxylic acids is 1. The second-order valence-corrected chi connectivity index (χ2v) is 7.42. The molecule has 0 aliphatic carbocycles. The van der Waals surface area contributed by atoms with Crippen molar-refractivity contribution in [3.8, 4) is 5.75 Å². The fourth-order valence-electron chi connectivity index (χ4n) is 2.67. The number of thioether (sulfide) groups is 1. The predicted molar refractivity (Wildman–Crippen MR) is 109 cm³/mol. The van der Waals surface area contributed by atoms with Gasteiger partial charge in [0.25, 0.3) is 5.91 Å². The zero-order chi connectivity index (χ0) is 21.2. The van der Waals surface area contributed by atoms with Crippen LogP contribution in [0.3, 0.4) is 0 Å². The van der Waals surface area contributed by atoms with Gasteiger partial charge in [0.1, 0.15) is 11.6 Å². The summed E-state index contributed by atoms with van der Waals surface area (Å²) < 4.78 is 20.0. The number of benzene rings is 2. The molecule has 2 aromatic carbocycles. The number of ether oxygens (including phenoxy) is 1. The van der Waals surface area contributed by atoms with E-state index in [1.165, 1.54) is 6.07 Å². The molecule has 0 heterocycles. The fraction of sp³-hybridized carbons (Fsp3) is 0.286. The summed E-state index contributed by atoms with van der Waals surface area (Å²) in [5.41, 5.74) is 1.61. The van der Waals surface area contributed by atoms with Crippen molar-refractivity contribution in [2.45, 2.75) is 31.1 Å². The lowest BCUT2D eigenvalue weighted by atomic mass is 10.0. The Balaban J connectivity index is 2.26. The highest BCUT2D eigenvalue weighted by molar-refractivity contribution is 7.99. The molecule has 6 nitrogen and oxygen atoms in total. The van der Waals surface area contributed by atoms with Crippen molar-refractivity contribution in [1.29, 1.82) is 0 Å². The number of carbonyl (C=O) groups is 3. The zero-order valence-corrected chi connectivity index (χ0v) is 16.8. The molecule has 2 N–H and O–H groups in total. The lowest BCUT2D eigenvalue weighted by molar-refractivity contribution is -0.137. The summed E-state index contributed by atoms with van der Waals surface area (Å²) in [7, 11) is 0. The first kappa shape index (κ1) is 22.4. The summed E-state index contributed by atoms with van der Waals surface area (Å²) in [4.78, 5) is 33.6. The maximum absolute atomic E-state index is 14.4. The minimum Gasteiger partial charge on any atom is -0.491 e. The number of rotatable bonds is 11. The van der Waals surface area contributed by atoms with E-state index in [1.807, 2.05) is 13.0 Å². The van der Waals surface area contributed by atoms with Crippen LogP contribution in [0.4, 0.5) is 10.1 Å². The molecule has 2 aromatic rings. The van der Waals surface area contributed by atoms with Crippen LogP contribution >= 0.6 is 11.8 Å². The Labute approximate surface area is 172 Å². The number of hydrogen-bond donors (Lipinski definition) is 2. The SMILES string of the molecule is CCSc1cccc(F)c1Cc1ccc(NC(=O)C=O)c(OCCCC(=O)O)c1. The van der Waals surface area contributed by atoms with Gasteiger partial charge in [-0.25, -0.2) is 4.39 Å². The monoisotopic (exact) mass is 419 g/mol. The van der Waals surface area contributed by atoms with Gasteiger partial charge >= 0.3 is 5.97 Å². The average Bonchev–Trinajstić information content (AvgIpc) is 2.69. The van der Waals surface area contributed by atoms with Crippen LogP contribution in [0, 0.1) is 5.82 Å². The van der Waals surface area contributed by atoms with E-state index in [9.17, 15) is 18.8 Å². The Bertz CT molecular complexity index is 887. The molecule has 0 radical (unpaired) electrons. The molecule has 0 saturated carbocycles. The van der Waals surface area contributed by atoms with Gasteiger partial charge in [-0.15, -0.1) is 11.8 Å². The molecule has 0 atom stereocenters. The van der Waals surface area contributed by atoms with E-state index in [-0.39, 0.29) is 37.2 Å². The number of nitrogens with one attached hydrogen (secondary N) is 1. The topological polar surface area (TPSA) is 92.7 Å². The molecule has 154 valence electrons. The third-order valence-electron chi connectivity index (χ3n) is 3.96. The van der Waals surface area contributed by atoms with E-state index < -0.39 is 11.9 Å². The predicted octanol–water partition coefficient (Wildman–Crippen LogP) is 3.91. The molecule has 2 rings (SSSR count). The molecular weight excluding hydrogens is 397 g/mol. The summed E-state index contributed by atoms with van der Waals surface area (Å²) in [5.74, 6) is -0.957. The van der Waals surface area contributed by atoms with Crippen LogP contribution in [-0.2, 0) is 20.8 Å². The smallest absolute Gasteiger partial charge is 0.303 e. The standard InChI is InChI=1S/C21H22FNO5S/c1-2-29-19-6-3-5-16(22)15(19)11-14-8-9-17(23-20(25)13-24)18(12-14)28-10-4-7-21(26)27/h3,5-6,8-9,12-13H,2,4,7,10-11H2,1H3,(H,23,25)(H,26,27). The number of anilines is 1.